The highest BCUT2D eigenvalue weighted by Gasteiger charge is 2.49. The van der Waals surface area contributed by atoms with Crippen molar-refractivity contribution in [2.75, 3.05) is 0 Å². The van der Waals surface area contributed by atoms with E-state index in [1.165, 1.54) is 38.5 Å². The Bertz CT molecular complexity index is 287. The van der Waals surface area contributed by atoms with Gasteiger partial charge < -0.3 is 17.8 Å². The third kappa shape index (κ3) is 6.50. The normalized spacial score (nSPS) is 23.4. The average molecular weight is 333 g/mol. The van der Waals surface area contributed by atoms with Crippen molar-refractivity contribution in [3.8, 4) is 0 Å². The average Bonchev–Trinajstić information content (AvgIpc) is 2.38. The van der Waals surface area contributed by atoms with Crippen LogP contribution in [-0.4, -0.2) is 34.4 Å². The number of hydrogen-bond acceptors (Lipinski definition) is 4. The Morgan fingerprint density at radius 3 is 1.43 bits per heavy atom. The fraction of sp³-hybridized carbons (Fsp3) is 1.00. The van der Waals surface area contributed by atoms with Crippen LogP contribution < -0.4 is 0 Å². The molecular formula is C15H32O4Si2. The highest BCUT2D eigenvalue weighted by atomic mass is 28.5. The van der Waals surface area contributed by atoms with Gasteiger partial charge in [-0.3, -0.25) is 0 Å². The molecule has 2 aliphatic carbocycles. The maximum Gasteiger partial charge on any atom is 0.666 e. The van der Waals surface area contributed by atoms with E-state index in [9.17, 15) is 4.80 Å². The lowest BCUT2D eigenvalue weighted by Crippen LogP contribution is -2.56. The van der Waals surface area contributed by atoms with E-state index in [0.29, 0.717) is 0 Å². The van der Waals surface area contributed by atoms with Crippen molar-refractivity contribution in [1.29, 1.82) is 0 Å². The summed E-state index contributed by atoms with van der Waals surface area (Å²) in [5.41, 5.74) is 0. The van der Waals surface area contributed by atoms with Crippen LogP contribution >= 0.6 is 0 Å². The number of rotatable bonds is 6. The summed E-state index contributed by atoms with van der Waals surface area (Å²) >= 11 is 0. The molecule has 0 radical (unpaired) electrons. The molecule has 0 amide bonds. The number of hydrogen-bond donors (Lipinski definition) is 1. The first-order chi connectivity index (χ1) is 9.86. The Morgan fingerprint density at radius 1 is 0.714 bits per heavy atom. The van der Waals surface area contributed by atoms with Gasteiger partial charge in [0.1, 0.15) is 0 Å². The molecule has 0 aromatic heterocycles. The van der Waals surface area contributed by atoms with Crippen molar-refractivity contribution >= 4 is 17.4 Å². The van der Waals surface area contributed by atoms with E-state index in [2.05, 4.69) is 19.6 Å². The van der Waals surface area contributed by atoms with Crippen LogP contribution in [0.5, 0.6) is 0 Å². The molecule has 6 heteroatoms. The molecule has 2 aliphatic rings. The maximum absolute atomic E-state index is 11.0. The Balaban J connectivity index is 1.97. The summed E-state index contributed by atoms with van der Waals surface area (Å²) in [6.45, 7) is 6.25. The van der Waals surface area contributed by atoms with Gasteiger partial charge in [0.2, 0.25) is 0 Å². The molecule has 0 aromatic rings. The molecule has 0 aromatic carbocycles. The first-order valence-electron chi connectivity index (χ1n) is 8.64. The van der Waals surface area contributed by atoms with Gasteiger partial charge in [-0.05, 0) is 45.3 Å². The van der Waals surface area contributed by atoms with Crippen LogP contribution in [0.1, 0.15) is 64.2 Å². The Morgan fingerprint density at radius 2 is 1.10 bits per heavy atom. The molecule has 21 heavy (non-hydrogen) atoms. The molecular weight excluding hydrogens is 300 g/mol. The fourth-order valence-corrected chi connectivity index (χ4v) is 8.10. The lowest BCUT2D eigenvalue weighted by atomic mass is 9.98. The first-order valence-corrected chi connectivity index (χ1v) is 13.7. The van der Waals surface area contributed by atoms with Crippen molar-refractivity contribution in [2.45, 2.75) is 96.1 Å². The molecule has 0 aliphatic heterocycles. The predicted octanol–water partition coefficient (Wildman–Crippen LogP) is 3.96. The summed E-state index contributed by atoms with van der Waals surface area (Å²) < 4.78 is 18.1. The van der Waals surface area contributed by atoms with Gasteiger partial charge in [-0.25, -0.2) is 0 Å². The van der Waals surface area contributed by atoms with Crippen LogP contribution in [0.3, 0.4) is 0 Å². The highest BCUT2D eigenvalue weighted by Crippen LogP contribution is 2.29. The lowest BCUT2D eigenvalue weighted by molar-refractivity contribution is -0.0420. The van der Waals surface area contributed by atoms with Crippen molar-refractivity contribution in [1.82, 2.24) is 0 Å². The smallest absolute Gasteiger partial charge is 0.394 e. The monoisotopic (exact) mass is 332 g/mol. The van der Waals surface area contributed by atoms with Crippen LogP contribution in [0.15, 0.2) is 0 Å². The largest absolute Gasteiger partial charge is 0.666 e. The highest BCUT2D eigenvalue weighted by molar-refractivity contribution is 6.77. The van der Waals surface area contributed by atoms with Gasteiger partial charge in [0, 0.05) is 0 Å². The Hall–Kier alpha value is 0.274. The summed E-state index contributed by atoms with van der Waals surface area (Å²) in [5, 5.41) is 0. The quantitative estimate of drug-likeness (QED) is 0.748. The van der Waals surface area contributed by atoms with E-state index >= 15 is 0 Å². The van der Waals surface area contributed by atoms with Gasteiger partial charge in [0.25, 0.3) is 0 Å². The van der Waals surface area contributed by atoms with Gasteiger partial charge >= 0.3 is 9.05 Å². The Kier molecular flexibility index (Phi) is 6.46. The van der Waals surface area contributed by atoms with Gasteiger partial charge in [0.15, 0.2) is 8.32 Å². The predicted molar refractivity (Wildman–Crippen MR) is 88.3 cm³/mol. The van der Waals surface area contributed by atoms with Gasteiger partial charge in [0.05, 0.1) is 12.2 Å². The zero-order valence-electron chi connectivity index (χ0n) is 13.9. The summed E-state index contributed by atoms with van der Waals surface area (Å²) in [6.07, 6.45) is 11.6. The van der Waals surface area contributed by atoms with Crippen LogP contribution in [0, 0.1) is 0 Å². The zero-order valence-corrected chi connectivity index (χ0v) is 15.9. The van der Waals surface area contributed by atoms with Crippen molar-refractivity contribution in [3.63, 3.8) is 0 Å². The van der Waals surface area contributed by atoms with Crippen molar-refractivity contribution < 1.29 is 17.8 Å². The minimum Gasteiger partial charge on any atom is -0.394 e. The summed E-state index contributed by atoms with van der Waals surface area (Å²) in [4.78, 5) is 11.0. The molecule has 2 saturated carbocycles. The molecule has 2 fully saturated rings. The van der Waals surface area contributed by atoms with Gasteiger partial charge in [-0.1, -0.05) is 38.5 Å². The molecule has 2 rings (SSSR count). The molecule has 0 saturated heterocycles. The molecule has 124 valence electrons. The van der Waals surface area contributed by atoms with Gasteiger partial charge in [-0.2, -0.15) is 0 Å². The Labute approximate surface area is 131 Å². The van der Waals surface area contributed by atoms with Crippen molar-refractivity contribution in [2.24, 2.45) is 0 Å². The second-order valence-electron chi connectivity index (χ2n) is 7.49. The van der Waals surface area contributed by atoms with E-state index in [1.54, 1.807) is 0 Å². The van der Waals surface area contributed by atoms with Crippen LogP contribution in [-0.2, 0) is 13.0 Å². The fourth-order valence-electron chi connectivity index (χ4n) is 3.25. The zero-order chi connectivity index (χ0) is 15.3. The minimum atomic E-state index is -3.50. The van der Waals surface area contributed by atoms with Crippen LogP contribution in [0.2, 0.25) is 19.6 Å². The molecule has 0 bridgehead atoms. The maximum atomic E-state index is 11.0. The first kappa shape index (κ1) is 17.6. The standard InChI is InChI=1S/C15H32O4Si2/c1-20(2,3)19-21(16,17-14-10-6-4-7-11-14)18-15-12-8-5-9-13-15/h14-16H,4-13H2,1-3H3. The van der Waals surface area contributed by atoms with E-state index in [0.717, 1.165) is 25.7 Å². The molecule has 0 spiro atoms. The third-order valence-electron chi connectivity index (χ3n) is 4.17. The second kappa shape index (κ2) is 7.70. The van der Waals surface area contributed by atoms with Crippen LogP contribution in [0.4, 0.5) is 0 Å². The third-order valence-corrected chi connectivity index (χ3v) is 8.91. The molecule has 0 atom stereocenters. The van der Waals surface area contributed by atoms with E-state index in [1.807, 2.05) is 0 Å². The SMILES string of the molecule is C[Si](C)(C)O[Si](O)(OC1CCCCC1)OC1CCCCC1. The molecule has 0 heterocycles. The summed E-state index contributed by atoms with van der Waals surface area (Å²) in [7, 11) is -5.40. The minimum absolute atomic E-state index is 0.121. The van der Waals surface area contributed by atoms with Crippen molar-refractivity contribution in [3.05, 3.63) is 0 Å². The lowest BCUT2D eigenvalue weighted by Gasteiger charge is -2.37. The van der Waals surface area contributed by atoms with Crippen LogP contribution in [0.25, 0.3) is 0 Å². The van der Waals surface area contributed by atoms with E-state index in [-0.39, 0.29) is 12.2 Å². The topological polar surface area (TPSA) is 47.9 Å². The van der Waals surface area contributed by atoms with Gasteiger partial charge in [-0.15, -0.1) is 0 Å². The summed E-state index contributed by atoms with van der Waals surface area (Å²) in [6, 6.07) is 0. The second-order valence-corrected chi connectivity index (χ2v) is 14.1. The van der Waals surface area contributed by atoms with E-state index < -0.39 is 17.4 Å². The summed E-state index contributed by atoms with van der Waals surface area (Å²) in [5.74, 6) is 0. The van der Waals surface area contributed by atoms with E-state index in [4.69, 9.17) is 13.0 Å². The molecule has 1 N–H and O–H groups in total. The molecule has 0 unspecified atom stereocenters. The molecule has 4 nitrogen and oxygen atoms in total.